The van der Waals surface area contributed by atoms with Crippen LogP contribution >= 0.6 is 0 Å². The van der Waals surface area contributed by atoms with Crippen molar-refractivity contribution in [3.8, 4) is 0 Å². The topological polar surface area (TPSA) is 58.4 Å². The predicted octanol–water partition coefficient (Wildman–Crippen LogP) is 3.95. The van der Waals surface area contributed by atoms with Crippen LogP contribution in [0.3, 0.4) is 0 Å². The molecule has 1 amide bonds. The minimum Gasteiger partial charge on any atom is -0.360 e. The molecule has 0 aliphatic rings. The van der Waals surface area contributed by atoms with Crippen molar-refractivity contribution in [3.05, 3.63) is 17.0 Å². The smallest absolute Gasteiger partial charge is 0.274 e. The lowest BCUT2D eigenvalue weighted by Crippen LogP contribution is -2.58. The number of hydrogen-bond donors (Lipinski definition) is 1. The molecule has 0 saturated heterocycles. The third-order valence-corrected chi connectivity index (χ3v) is 5.31. The molecule has 1 rings (SSSR count). The monoisotopic (exact) mass is 337 g/mol. The zero-order valence-electron chi connectivity index (χ0n) is 16.5. The van der Waals surface area contributed by atoms with Crippen molar-refractivity contribution in [3.63, 3.8) is 0 Å². The first-order valence-electron chi connectivity index (χ1n) is 9.28. The maximum absolute atomic E-state index is 12.6. The average Bonchev–Trinajstić information content (AvgIpc) is 2.93. The van der Waals surface area contributed by atoms with Crippen LogP contribution in [0.5, 0.6) is 0 Å². The fourth-order valence-corrected chi connectivity index (χ4v) is 3.23. The van der Waals surface area contributed by atoms with Crippen LogP contribution in [0.15, 0.2) is 4.52 Å². The van der Waals surface area contributed by atoms with E-state index >= 15 is 0 Å². The molecule has 1 heterocycles. The lowest BCUT2D eigenvalue weighted by molar-refractivity contribution is 0.0699. The van der Waals surface area contributed by atoms with E-state index in [4.69, 9.17) is 4.52 Å². The van der Waals surface area contributed by atoms with Crippen LogP contribution < -0.4 is 5.32 Å². The van der Waals surface area contributed by atoms with E-state index in [0.29, 0.717) is 5.69 Å². The average molecular weight is 338 g/mol. The second-order valence-electron chi connectivity index (χ2n) is 7.01. The molecular weight excluding hydrogens is 302 g/mol. The molecule has 5 nitrogen and oxygen atoms in total. The fourth-order valence-electron chi connectivity index (χ4n) is 3.23. The van der Waals surface area contributed by atoms with Crippen molar-refractivity contribution < 1.29 is 9.32 Å². The molecule has 0 spiro atoms. The van der Waals surface area contributed by atoms with Crippen molar-refractivity contribution in [2.24, 2.45) is 0 Å². The number of aryl methyl sites for hydroxylation is 1. The van der Waals surface area contributed by atoms with Gasteiger partial charge in [0.2, 0.25) is 0 Å². The Bertz CT molecular complexity index is 527. The normalized spacial score (nSPS) is 15.3. The zero-order chi connectivity index (χ0) is 18.3. The van der Waals surface area contributed by atoms with Crippen molar-refractivity contribution in [1.29, 1.82) is 0 Å². The summed E-state index contributed by atoms with van der Waals surface area (Å²) in [5.74, 6) is 0.638. The highest BCUT2D eigenvalue weighted by Gasteiger charge is 2.35. The Kier molecular flexibility index (Phi) is 7.94. The minimum atomic E-state index is -0.144. The highest BCUT2D eigenvalue weighted by atomic mass is 16.5. The summed E-state index contributed by atoms with van der Waals surface area (Å²) in [7, 11) is 2.16. The number of likely N-dealkylation sites (N-methyl/N-ethyl adjacent to an activating group) is 1. The molecule has 2 unspecified atom stereocenters. The van der Waals surface area contributed by atoms with Gasteiger partial charge in [-0.1, -0.05) is 38.8 Å². The summed E-state index contributed by atoms with van der Waals surface area (Å²) in [4.78, 5) is 15.0. The van der Waals surface area contributed by atoms with Crippen molar-refractivity contribution in [2.75, 3.05) is 13.6 Å². The Labute approximate surface area is 147 Å². The van der Waals surface area contributed by atoms with Gasteiger partial charge in [0, 0.05) is 23.6 Å². The minimum absolute atomic E-state index is 0.0213. The second kappa shape index (κ2) is 9.21. The van der Waals surface area contributed by atoms with Gasteiger partial charge < -0.3 is 9.84 Å². The number of nitrogens with zero attached hydrogens (tertiary/aromatic N) is 2. The first-order valence-corrected chi connectivity index (χ1v) is 9.28. The lowest BCUT2D eigenvalue weighted by atomic mass is 9.86. The molecule has 138 valence electrons. The van der Waals surface area contributed by atoms with Crippen LogP contribution in [0, 0.1) is 6.92 Å². The van der Waals surface area contributed by atoms with E-state index in [1.165, 1.54) is 12.8 Å². The van der Waals surface area contributed by atoms with Gasteiger partial charge in [-0.3, -0.25) is 9.69 Å². The van der Waals surface area contributed by atoms with Gasteiger partial charge in [0.1, 0.15) is 5.76 Å². The fraction of sp³-hybridized carbons (Fsp3) is 0.789. The van der Waals surface area contributed by atoms with Crippen LogP contribution in [0.1, 0.15) is 82.1 Å². The van der Waals surface area contributed by atoms with Gasteiger partial charge in [0.05, 0.1) is 0 Å². The summed E-state index contributed by atoms with van der Waals surface area (Å²) in [5.41, 5.74) is 1.18. The summed E-state index contributed by atoms with van der Waals surface area (Å²) in [5, 5.41) is 7.12. The van der Waals surface area contributed by atoms with E-state index in [1.54, 1.807) is 0 Å². The van der Waals surface area contributed by atoms with E-state index in [2.05, 4.69) is 50.1 Å². The maximum Gasteiger partial charge on any atom is 0.274 e. The van der Waals surface area contributed by atoms with E-state index in [1.807, 2.05) is 13.8 Å². The number of hydrogen-bond acceptors (Lipinski definition) is 4. The quantitative estimate of drug-likeness (QED) is 0.702. The van der Waals surface area contributed by atoms with Crippen LogP contribution in [-0.2, 0) is 6.42 Å². The van der Waals surface area contributed by atoms with Crippen LogP contribution in [0.2, 0.25) is 0 Å². The van der Waals surface area contributed by atoms with Gasteiger partial charge in [-0.2, -0.15) is 0 Å². The number of aromatic nitrogens is 1. The molecule has 0 aromatic carbocycles. The Morgan fingerprint density at radius 2 is 2.00 bits per heavy atom. The van der Waals surface area contributed by atoms with Crippen LogP contribution in [-0.4, -0.2) is 41.1 Å². The predicted molar refractivity (Wildman–Crippen MR) is 98.4 cm³/mol. The molecule has 0 fully saturated rings. The standard InChI is InChI=1S/C19H35N3O2/c1-8-11-13-22(7)19(6,12-9-2)15(5)20-18(23)17-14(4)16(10-3)24-21-17/h15H,8-13H2,1-7H3,(H,20,23). The molecule has 0 saturated carbocycles. The molecular formula is C19H35N3O2. The first kappa shape index (κ1) is 20.7. The number of rotatable bonds is 10. The molecule has 5 heteroatoms. The van der Waals surface area contributed by atoms with Crippen molar-refractivity contribution in [1.82, 2.24) is 15.4 Å². The summed E-state index contributed by atoms with van der Waals surface area (Å²) >= 11 is 0. The summed E-state index contributed by atoms with van der Waals surface area (Å²) in [6.07, 6.45) is 5.20. The van der Waals surface area contributed by atoms with Gasteiger partial charge in [-0.25, -0.2) is 0 Å². The number of unbranched alkanes of at least 4 members (excludes halogenated alkanes) is 1. The van der Waals surface area contributed by atoms with E-state index in [-0.39, 0.29) is 17.5 Å². The van der Waals surface area contributed by atoms with Gasteiger partial charge in [0.15, 0.2) is 5.69 Å². The van der Waals surface area contributed by atoms with Crippen LogP contribution in [0.4, 0.5) is 0 Å². The summed E-state index contributed by atoms with van der Waals surface area (Å²) in [6, 6.07) is 0.0213. The van der Waals surface area contributed by atoms with E-state index < -0.39 is 0 Å². The molecule has 2 atom stereocenters. The van der Waals surface area contributed by atoms with E-state index in [0.717, 1.165) is 37.1 Å². The number of nitrogens with one attached hydrogen (secondary N) is 1. The third-order valence-electron chi connectivity index (χ3n) is 5.31. The summed E-state index contributed by atoms with van der Waals surface area (Å²) < 4.78 is 5.26. The third kappa shape index (κ3) is 4.59. The van der Waals surface area contributed by atoms with Crippen LogP contribution in [0.25, 0.3) is 0 Å². The highest BCUT2D eigenvalue weighted by molar-refractivity contribution is 5.93. The van der Waals surface area contributed by atoms with Gasteiger partial charge >= 0.3 is 0 Å². The molecule has 24 heavy (non-hydrogen) atoms. The molecule has 0 bridgehead atoms. The second-order valence-corrected chi connectivity index (χ2v) is 7.01. The molecule has 1 aromatic rings. The molecule has 0 aliphatic heterocycles. The highest BCUT2D eigenvalue weighted by Crippen LogP contribution is 2.25. The largest absolute Gasteiger partial charge is 0.360 e. The SMILES string of the molecule is CCCCN(C)C(C)(CCC)C(C)NC(=O)c1noc(CC)c1C. The maximum atomic E-state index is 12.6. The van der Waals surface area contributed by atoms with E-state index in [9.17, 15) is 4.79 Å². The molecule has 0 aliphatic carbocycles. The Hall–Kier alpha value is -1.36. The lowest BCUT2D eigenvalue weighted by Gasteiger charge is -2.44. The molecule has 0 radical (unpaired) electrons. The zero-order valence-corrected chi connectivity index (χ0v) is 16.5. The Morgan fingerprint density at radius 3 is 2.50 bits per heavy atom. The van der Waals surface area contributed by atoms with Gasteiger partial charge in [0.25, 0.3) is 5.91 Å². The van der Waals surface area contributed by atoms with Crippen molar-refractivity contribution >= 4 is 5.91 Å². The number of carbonyl (C=O) groups excluding carboxylic acids is 1. The number of carbonyl (C=O) groups is 1. The van der Waals surface area contributed by atoms with Gasteiger partial charge in [-0.05, 0) is 47.2 Å². The molecule has 1 N–H and O–H groups in total. The summed E-state index contributed by atoms with van der Waals surface area (Å²) in [6.45, 7) is 13.7. The Morgan fingerprint density at radius 1 is 1.33 bits per heavy atom. The van der Waals surface area contributed by atoms with Crippen molar-refractivity contribution in [2.45, 2.75) is 85.2 Å². The Balaban J connectivity index is 2.88. The molecule has 1 aromatic heterocycles. The first-order chi connectivity index (χ1) is 11.3. The van der Waals surface area contributed by atoms with Gasteiger partial charge in [-0.15, -0.1) is 0 Å². The number of amides is 1.